The zero-order valence-electron chi connectivity index (χ0n) is 16.5. The summed E-state index contributed by atoms with van der Waals surface area (Å²) in [6.45, 7) is 1.73. The van der Waals surface area contributed by atoms with Gasteiger partial charge < -0.3 is 15.3 Å². The van der Waals surface area contributed by atoms with Crippen molar-refractivity contribution in [3.8, 4) is 0 Å². The van der Waals surface area contributed by atoms with Gasteiger partial charge in [-0.3, -0.25) is 9.52 Å². The molecule has 12 heteroatoms. The molecule has 1 fully saturated rings. The number of hydrogen-bond donors (Lipinski definition) is 3. The lowest BCUT2D eigenvalue weighted by atomic mass is 9.85. The lowest BCUT2D eigenvalue weighted by molar-refractivity contribution is -0.121. The highest BCUT2D eigenvalue weighted by Crippen LogP contribution is 2.28. The summed E-state index contributed by atoms with van der Waals surface area (Å²) >= 11 is 1.13. The van der Waals surface area contributed by atoms with E-state index in [9.17, 15) is 18.0 Å². The molecule has 0 aliphatic heterocycles. The van der Waals surface area contributed by atoms with E-state index in [0.29, 0.717) is 36.4 Å². The minimum atomic E-state index is -3.79. The highest BCUT2D eigenvalue weighted by Gasteiger charge is 2.30. The molecule has 0 atom stereocenters. The number of carbonyl (C=O) groups excluding carboxylic acids is 1. The predicted molar refractivity (Wildman–Crippen MR) is 112 cm³/mol. The number of sulfonamides is 1. The Hall–Kier alpha value is -2.73. The Labute approximate surface area is 178 Å². The summed E-state index contributed by atoms with van der Waals surface area (Å²) in [6.07, 6.45) is 1.51. The normalized spacial score (nSPS) is 19.1. The third-order valence-electron chi connectivity index (χ3n) is 5.10. The Balaban J connectivity index is 1.56. The highest BCUT2D eigenvalue weighted by molar-refractivity contribution is 7.93. The van der Waals surface area contributed by atoms with E-state index in [1.165, 1.54) is 29.2 Å². The average Bonchev–Trinajstić information content (AvgIpc) is 3.11. The third kappa shape index (κ3) is 5.25. The van der Waals surface area contributed by atoms with Crippen LogP contribution in [0.15, 0.2) is 29.2 Å². The van der Waals surface area contributed by atoms with Gasteiger partial charge in [0.1, 0.15) is 5.01 Å². The smallest absolute Gasteiger partial charge is 0.407 e. The quantitative estimate of drug-likeness (QED) is 0.610. The first-order valence-corrected chi connectivity index (χ1v) is 11.7. The van der Waals surface area contributed by atoms with Crippen LogP contribution in [0.1, 0.15) is 30.7 Å². The van der Waals surface area contributed by atoms with Gasteiger partial charge in [-0.1, -0.05) is 11.3 Å². The van der Waals surface area contributed by atoms with E-state index in [2.05, 4.69) is 20.2 Å². The monoisotopic (exact) mass is 453 g/mol. The van der Waals surface area contributed by atoms with Gasteiger partial charge in [0.15, 0.2) is 0 Å². The van der Waals surface area contributed by atoms with Crippen LogP contribution in [-0.4, -0.2) is 53.7 Å². The molecular weight excluding hydrogens is 430 g/mol. The van der Waals surface area contributed by atoms with Crippen LogP contribution < -0.4 is 10.0 Å². The third-order valence-corrected chi connectivity index (χ3v) is 7.33. The Kier molecular flexibility index (Phi) is 6.56. The van der Waals surface area contributed by atoms with Gasteiger partial charge in [-0.05, 0) is 56.9 Å². The molecule has 162 valence electrons. The van der Waals surface area contributed by atoms with E-state index in [-0.39, 0.29) is 27.9 Å². The van der Waals surface area contributed by atoms with Crippen LogP contribution in [0.3, 0.4) is 0 Å². The molecule has 1 aromatic heterocycles. The Morgan fingerprint density at radius 2 is 1.77 bits per heavy atom. The number of nitrogens with one attached hydrogen (secondary N) is 2. The van der Waals surface area contributed by atoms with Crippen LogP contribution in [0.25, 0.3) is 0 Å². The van der Waals surface area contributed by atoms with Gasteiger partial charge in [0.05, 0.1) is 4.90 Å². The number of carbonyl (C=O) groups is 2. The second kappa shape index (κ2) is 8.96. The molecule has 0 spiro atoms. The van der Waals surface area contributed by atoms with Crippen molar-refractivity contribution in [2.45, 2.75) is 43.5 Å². The molecule has 1 aliphatic carbocycles. The summed E-state index contributed by atoms with van der Waals surface area (Å²) in [5, 5.41) is 20.2. The van der Waals surface area contributed by atoms with Gasteiger partial charge >= 0.3 is 6.09 Å². The summed E-state index contributed by atoms with van der Waals surface area (Å²) in [7, 11) is -2.25. The fraction of sp³-hybridized carbons (Fsp3) is 0.444. The fourth-order valence-electron chi connectivity index (χ4n) is 3.35. The van der Waals surface area contributed by atoms with Crippen molar-refractivity contribution in [3.63, 3.8) is 0 Å². The second-order valence-corrected chi connectivity index (χ2v) is 10.0. The van der Waals surface area contributed by atoms with Crippen molar-refractivity contribution < 1.29 is 23.1 Å². The van der Waals surface area contributed by atoms with E-state index in [1.54, 1.807) is 14.0 Å². The number of aromatic nitrogens is 2. The van der Waals surface area contributed by atoms with Crippen LogP contribution in [0.2, 0.25) is 0 Å². The van der Waals surface area contributed by atoms with E-state index in [1.807, 2.05) is 0 Å². The van der Waals surface area contributed by atoms with E-state index in [0.717, 1.165) is 11.3 Å². The van der Waals surface area contributed by atoms with Gasteiger partial charge in [0.2, 0.25) is 11.0 Å². The lowest BCUT2D eigenvalue weighted by Crippen LogP contribution is -2.40. The first-order chi connectivity index (χ1) is 14.2. The minimum Gasteiger partial charge on any atom is -0.465 e. The topological polar surface area (TPSA) is 142 Å². The van der Waals surface area contributed by atoms with Crippen LogP contribution in [0.5, 0.6) is 0 Å². The molecule has 0 bridgehead atoms. The number of nitrogens with zero attached hydrogens (tertiary/aromatic N) is 3. The summed E-state index contributed by atoms with van der Waals surface area (Å²) in [4.78, 5) is 24.9. The van der Waals surface area contributed by atoms with Crippen molar-refractivity contribution >= 4 is 44.2 Å². The van der Waals surface area contributed by atoms with Crippen LogP contribution in [0, 0.1) is 12.8 Å². The molecule has 0 radical (unpaired) electrons. The molecule has 3 N–H and O–H groups in total. The van der Waals surface area contributed by atoms with Gasteiger partial charge in [0.25, 0.3) is 10.0 Å². The maximum absolute atomic E-state index is 12.5. The molecule has 1 heterocycles. The summed E-state index contributed by atoms with van der Waals surface area (Å²) in [5.74, 6) is -0.348. The molecule has 30 heavy (non-hydrogen) atoms. The van der Waals surface area contributed by atoms with Gasteiger partial charge in [-0.2, -0.15) is 0 Å². The number of aryl methyl sites for hydroxylation is 1. The Morgan fingerprint density at radius 3 is 2.30 bits per heavy atom. The molecule has 10 nitrogen and oxygen atoms in total. The molecule has 2 amide bonds. The number of carboxylic acid groups (broad SMARTS) is 1. The molecule has 0 saturated heterocycles. The molecular formula is C18H23N5O5S2. The maximum atomic E-state index is 12.5. The molecule has 1 aromatic carbocycles. The van der Waals surface area contributed by atoms with Crippen LogP contribution in [0.4, 0.5) is 15.6 Å². The summed E-state index contributed by atoms with van der Waals surface area (Å²) in [5.41, 5.74) is 0.496. The van der Waals surface area contributed by atoms with Gasteiger partial charge in [-0.25, -0.2) is 13.2 Å². The Bertz CT molecular complexity index is 1010. The summed E-state index contributed by atoms with van der Waals surface area (Å²) in [6, 6.07) is 5.80. The SMILES string of the molecule is Cc1nnc(NS(=O)(=O)c2ccc(NC(=O)C3CCC(N(C)C(=O)O)CC3)cc2)s1. The summed E-state index contributed by atoms with van der Waals surface area (Å²) < 4.78 is 27.2. The highest BCUT2D eigenvalue weighted by atomic mass is 32.2. The van der Waals surface area contributed by atoms with Crippen molar-refractivity contribution in [1.29, 1.82) is 0 Å². The number of anilines is 2. The van der Waals surface area contributed by atoms with Gasteiger partial charge in [-0.15, -0.1) is 10.2 Å². The largest absolute Gasteiger partial charge is 0.465 e. The molecule has 1 saturated carbocycles. The maximum Gasteiger partial charge on any atom is 0.407 e. The minimum absolute atomic E-state index is 0.0468. The molecule has 3 rings (SSSR count). The molecule has 2 aromatic rings. The first-order valence-electron chi connectivity index (χ1n) is 9.35. The standard InChI is InChI=1S/C18H23N5O5S2/c1-11-20-21-17(29-11)22-30(27,28)15-9-5-13(6-10-15)19-16(24)12-3-7-14(8-4-12)23(2)18(25)26/h5-6,9-10,12,14H,3-4,7-8H2,1-2H3,(H,19,24)(H,21,22)(H,25,26). The van der Waals surface area contributed by atoms with E-state index in [4.69, 9.17) is 5.11 Å². The first kappa shape index (κ1) is 22.0. The molecule has 0 unspecified atom stereocenters. The fourth-order valence-corrected chi connectivity index (χ4v) is 5.18. The van der Waals surface area contributed by atoms with Crippen molar-refractivity contribution in [1.82, 2.24) is 15.1 Å². The van der Waals surface area contributed by atoms with Gasteiger partial charge in [0, 0.05) is 24.7 Å². The number of rotatable bonds is 6. The molecule has 1 aliphatic rings. The van der Waals surface area contributed by atoms with Crippen LogP contribution >= 0.6 is 11.3 Å². The van der Waals surface area contributed by atoms with Crippen molar-refractivity contribution in [3.05, 3.63) is 29.3 Å². The lowest BCUT2D eigenvalue weighted by Gasteiger charge is -2.32. The number of amides is 2. The average molecular weight is 454 g/mol. The van der Waals surface area contributed by atoms with Crippen LogP contribution in [-0.2, 0) is 14.8 Å². The number of benzene rings is 1. The zero-order valence-corrected chi connectivity index (χ0v) is 18.2. The van der Waals surface area contributed by atoms with E-state index < -0.39 is 16.1 Å². The van der Waals surface area contributed by atoms with Crippen molar-refractivity contribution in [2.75, 3.05) is 17.1 Å². The van der Waals surface area contributed by atoms with E-state index >= 15 is 0 Å². The van der Waals surface area contributed by atoms with Crippen molar-refractivity contribution in [2.24, 2.45) is 5.92 Å². The Morgan fingerprint density at radius 1 is 1.13 bits per heavy atom. The number of hydrogen-bond acceptors (Lipinski definition) is 7. The predicted octanol–water partition coefficient (Wildman–Crippen LogP) is 2.75. The zero-order chi connectivity index (χ0) is 21.9. The second-order valence-electron chi connectivity index (χ2n) is 7.14.